The highest BCUT2D eigenvalue weighted by molar-refractivity contribution is 8.20. The average molecular weight is 260 g/mol. The van der Waals surface area contributed by atoms with E-state index in [1.807, 2.05) is 0 Å². The monoisotopic (exact) mass is 260 g/mol. The Bertz CT molecular complexity index is 309. The standard InChI is InChI=1S/C7H16O6S2/c1-6(2)15(10,11)13-7-3-4-12-14(8,9)5-7/h6-9H,3-5H2,1-2H3. The molecule has 0 aromatic carbocycles. The van der Waals surface area contributed by atoms with E-state index in [0.717, 1.165) is 0 Å². The minimum atomic E-state index is -3.61. The molecule has 1 saturated heterocycles. The van der Waals surface area contributed by atoms with Gasteiger partial charge in [-0.15, -0.1) is 0 Å². The molecule has 1 fully saturated rings. The molecule has 1 atom stereocenters. The Labute approximate surface area is 91.3 Å². The molecular formula is C7H16O6S2. The molecule has 0 amide bonds. The molecule has 0 bridgehead atoms. The zero-order valence-corrected chi connectivity index (χ0v) is 10.3. The summed E-state index contributed by atoms with van der Waals surface area (Å²) in [6.07, 6.45) is -0.349. The van der Waals surface area contributed by atoms with Crippen LogP contribution in [0.2, 0.25) is 0 Å². The van der Waals surface area contributed by atoms with Crippen LogP contribution in [0.15, 0.2) is 0 Å². The number of rotatable bonds is 3. The lowest BCUT2D eigenvalue weighted by Gasteiger charge is -2.34. The van der Waals surface area contributed by atoms with Crippen LogP contribution in [0, 0.1) is 0 Å². The highest BCUT2D eigenvalue weighted by atomic mass is 32.3. The normalized spacial score (nSPS) is 29.0. The van der Waals surface area contributed by atoms with Crippen LogP contribution < -0.4 is 0 Å². The van der Waals surface area contributed by atoms with Crippen molar-refractivity contribution in [2.75, 3.05) is 12.4 Å². The maximum atomic E-state index is 11.4. The third-order valence-electron chi connectivity index (χ3n) is 1.96. The van der Waals surface area contributed by atoms with Crippen molar-refractivity contribution in [3.63, 3.8) is 0 Å². The largest absolute Gasteiger partial charge is 0.308 e. The molecule has 0 aromatic rings. The van der Waals surface area contributed by atoms with Crippen molar-refractivity contribution in [1.29, 1.82) is 0 Å². The van der Waals surface area contributed by atoms with Crippen LogP contribution in [-0.4, -0.2) is 41.2 Å². The third kappa shape index (κ3) is 3.89. The van der Waals surface area contributed by atoms with E-state index >= 15 is 0 Å². The lowest BCUT2D eigenvalue weighted by atomic mass is 10.3. The van der Waals surface area contributed by atoms with Gasteiger partial charge in [-0.3, -0.25) is 8.37 Å². The second kappa shape index (κ2) is 4.56. The molecule has 0 saturated carbocycles. The topological polar surface area (TPSA) is 93.1 Å². The first-order chi connectivity index (χ1) is 6.73. The van der Waals surface area contributed by atoms with Gasteiger partial charge < -0.3 is 9.11 Å². The molecule has 0 spiro atoms. The van der Waals surface area contributed by atoms with Crippen LogP contribution >= 0.6 is 10.9 Å². The molecule has 1 aliphatic heterocycles. The molecule has 8 heteroatoms. The average Bonchev–Trinajstić information content (AvgIpc) is 2.00. The smallest absolute Gasteiger partial charge is 0.269 e. The van der Waals surface area contributed by atoms with Gasteiger partial charge in [0.1, 0.15) is 0 Å². The molecule has 92 valence electrons. The van der Waals surface area contributed by atoms with E-state index in [4.69, 9.17) is 8.37 Å². The first-order valence-electron chi connectivity index (χ1n) is 4.55. The summed E-state index contributed by atoms with van der Waals surface area (Å²) in [5.41, 5.74) is 0. The Kier molecular flexibility index (Phi) is 4.01. The van der Waals surface area contributed by atoms with Gasteiger partial charge >= 0.3 is 0 Å². The van der Waals surface area contributed by atoms with E-state index in [1.165, 1.54) is 13.8 Å². The van der Waals surface area contributed by atoms with Gasteiger partial charge in [0.15, 0.2) is 0 Å². The predicted molar refractivity (Wildman–Crippen MR) is 57.2 cm³/mol. The van der Waals surface area contributed by atoms with Crippen molar-refractivity contribution in [3.05, 3.63) is 0 Å². The first-order valence-corrected chi connectivity index (χ1v) is 7.66. The summed E-state index contributed by atoms with van der Waals surface area (Å²) in [5.74, 6) is -0.182. The fourth-order valence-corrected chi connectivity index (χ4v) is 3.09. The predicted octanol–water partition coefficient (Wildman–Crippen LogP) is 1.20. The summed E-state index contributed by atoms with van der Waals surface area (Å²) < 4.78 is 50.8. The van der Waals surface area contributed by atoms with E-state index < -0.39 is 32.3 Å². The summed E-state index contributed by atoms with van der Waals surface area (Å²) >= 11 is 0. The Morgan fingerprint density at radius 3 is 2.53 bits per heavy atom. The molecule has 0 radical (unpaired) electrons. The second-order valence-electron chi connectivity index (χ2n) is 3.64. The molecule has 0 aliphatic carbocycles. The molecule has 6 nitrogen and oxygen atoms in total. The van der Waals surface area contributed by atoms with Crippen molar-refractivity contribution in [3.8, 4) is 0 Å². The maximum absolute atomic E-state index is 11.4. The zero-order valence-electron chi connectivity index (χ0n) is 8.62. The van der Waals surface area contributed by atoms with Gasteiger partial charge in [0.05, 0.1) is 34.6 Å². The Balaban J connectivity index is 2.60. The van der Waals surface area contributed by atoms with Crippen LogP contribution in [0.25, 0.3) is 0 Å². The summed E-state index contributed by atoms with van der Waals surface area (Å²) in [4.78, 5) is 0. The molecule has 1 aliphatic rings. The van der Waals surface area contributed by atoms with Gasteiger partial charge in [-0.2, -0.15) is 8.42 Å². The van der Waals surface area contributed by atoms with Gasteiger partial charge in [0.25, 0.3) is 10.1 Å². The van der Waals surface area contributed by atoms with Crippen LogP contribution in [-0.2, 0) is 18.5 Å². The highest BCUT2D eigenvalue weighted by Crippen LogP contribution is 2.44. The summed E-state index contributed by atoms with van der Waals surface area (Å²) in [7, 11) is -6.73. The van der Waals surface area contributed by atoms with Crippen LogP contribution in [0.3, 0.4) is 0 Å². The van der Waals surface area contributed by atoms with Crippen molar-refractivity contribution in [2.45, 2.75) is 31.6 Å². The first kappa shape index (κ1) is 13.2. The maximum Gasteiger partial charge on any atom is 0.269 e. The Morgan fingerprint density at radius 2 is 2.07 bits per heavy atom. The van der Waals surface area contributed by atoms with Crippen LogP contribution in [0.4, 0.5) is 0 Å². The third-order valence-corrected chi connectivity index (χ3v) is 5.01. The van der Waals surface area contributed by atoms with Crippen LogP contribution in [0.1, 0.15) is 20.3 Å². The summed E-state index contributed by atoms with van der Waals surface area (Å²) in [6.45, 7) is 3.11. The molecule has 1 rings (SSSR count). The van der Waals surface area contributed by atoms with Gasteiger partial charge in [-0.05, 0) is 13.8 Å². The van der Waals surface area contributed by atoms with E-state index in [-0.39, 0.29) is 12.4 Å². The fraction of sp³-hybridized carbons (Fsp3) is 1.00. The van der Waals surface area contributed by atoms with Crippen molar-refractivity contribution in [1.82, 2.24) is 0 Å². The second-order valence-corrected chi connectivity index (χ2v) is 7.55. The molecule has 2 N–H and O–H groups in total. The highest BCUT2D eigenvalue weighted by Gasteiger charge is 2.33. The van der Waals surface area contributed by atoms with E-state index in [9.17, 15) is 17.5 Å². The molecule has 0 aromatic heterocycles. The van der Waals surface area contributed by atoms with Gasteiger partial charge in [-0.1, -0.05) is 0 Å². The zero-order chi connectivity index (χ0) is 11.7. The van der Waals surface area contributed by atoms with Crippen molar-refractivity contribution < 1.29 is 25.9 Å². The minimum Gasteiger partial charge on any atom is -0.308 e. The molecule has 15 heavy (non-hydrogen) atoms. The minimum absolute atomic E-state index is 0.0978. The lowest BCUT2D eigenvalue weighted by molar-refractivity contribution is 0.142. The molecular weight excluding hydrogens is 244 g/mol. The van der Waals surface area contributed by atoms with Crippen LogP contribution in [0.5, 0.6) is 0 Å². The van der Waals surface area contributed by atoms with E-state index in [2.05, 4.69) is 0 Å². The van der Waals surface area contributed by atoms with Crippen molar-refractivity contribution >= 4 is 21.0 Å². The lowest BCUT2D eigenvalue weighted by Crippen LogP contribution is -2.34. The summed E-state index contributed by atoms with van der Waals surface area (Å²) in [6, 6.07) is 0. The van der Waals surface area contributed by atoms with Crippen molar-refractivity contribution in [2.24, 2.45) is 0 Å². The molecule has 1 unspecified atom stereocenters. The SMILES string of the molecule is CC(C)S(=O)(=O)OC1CCOS(O)(O)C1. The summed E-state index contributed by atoms with van der Waals surface area (Å²) in [5, 5.41) is -0.637. The van der Waals surface area contributed by atoms with E-state index in [1.54, 1.807) is 0 Å². The van der Waals surface area contributed by atoms with Gasteiger partial charge in [0, 0.05) is 6.42 Å². The number of hydrogen-bond acceptors (Lipinski definition) is 6. The molecule has 1 heterocycles. The van der Waals surface area contributed by atoms with Gasteiger partial charge in [-0.25, -0.2) is 0 Å². The Morgan fingerprint density at radius 1 is 1.47 bits per heavy atom. The quantitative estimate of drug-likeness (QED) is 0.740. The van der Waals surface area contributed by atoms with Gasteiger partial charge in [0.2, 0.25) is 0 Å². The number of hydrogen-bond donors (Lipinski definition) is 2. The fourth-order valence-electron chi connectivity index (χ4n) is 1.06. The Hall–Kier alpha value is 0.140. The van der Waals surface area contributed by atoms with E-state index in [0.29, 0.717) is 6.42 Å².